The molecule has 0 saturated carbocycles. The number of rotatable bonds is 9. The van der Waals surface area contributed by atoms with Crippen LogP contribution in [-0.2, 0) is 11.2 Å². The van der Waals surface area contributed by atoms with E-state index in [4.69, 9.17) is 28.3 Å². The minimum absolute atomic E-state index is 0.0204. The highest BCUT2D eigenvalue weighted by Crippen LogP contribution is 2.17. The maximum Gasteiger partial charge on any atom is 0.307 e. The van der Waals surface area contributed by atoms with E-state index < -0.39 is 5.97 Å². The summed E-state index contributed by atoms with van der Waals surface area (Å²) < 4.78 is 0. The van der Waals surface area contributed by atoms with Crippen molar-refractivity contribution < 1.29 is 9.90 Å². The molecular weight excluding hydrogens is 359 g/mol. The summed E-state index contributed by atoms with van der Waals surface area (Å²) in [4.78, 5) is 17.2. The third-order valence-corrected chi connectivity index (χ3v) is 3.96. The van der Waals surface area contributed by atoms with Crippen LogP contribution in [0.3, 0.4) is 0 Å². The van der Waals surface area contributed by atoms with Crippen LogP contribution >= 0.6 is 23.2 Å². The number of aliphatic carboxylic acids is 1. The number of aliphatic imine (C=N–C) groups is 1. The lowest BCUT2D eigenvalue weighted by molar-refractivity contribution is -0.136. The Balaban J connectivity index is 2.02. The Kier molecular flexibility index (Phi) is 7.76. The van der Waals surface area contributed by atoms with Crippen LogP contribution in [0, 0.1) is 0 Å². The van der Waals surface area contributed by atoms with E-state index >= 15 is 0 Å². The fourth-order valence-electron chi connectivity index (χ4n) is 2.37. The van der Waals surface area contributed by atoms with Gasteiger partial charge < -0.3 is 10.0 Å². The molecule has 0 aliphatic rings. The van der Waals surface area contributed by atoms with E-state index in [1.165, 1.54) is 0 Å². The second-order valence-corrected chi connectivity index (χ2v) is 6.21. The van der Waals surface area contributed by atoms with Gasteiger partial charge in [0.1, 0.15) is 0 Å². The Morgan fingerprint density at radius 1 is 1.00 bits per heavy atom. The molecule has 0 aliphatic carbocycles. The SMILES string of the molecule is O=C(O)Cc1ccc(N=Cc2ccc(N(CCCl)CCCl)cc2)cc1. The molecule has 0 saturated heterocycles. The molecule has 2 aromatic carbocycles. The van der Waals surface area contributed by atoms with Crippen LogP contribution in [0.5, 0.6) is 0 Å². The number of nitrogens with zero attached hydrogens (tertiary/aromatic N) is 2. The number of hydrogen-bond acceptors (Lipinski definition) is 3. The van der Waals surface area contributed by atoms with Gasteiger partial charge in [0.25, 0.3) is 0 Å². The summed E-state index contributed by atoms with van der Waals surface area (Å²) in [6.45, 7) is 1.51. The van der Waals surface area contributed by atoms with Crippen LogP contribution in [0.1, 0.15) is 11.1 Å². The zero-order valence-corrected chi connectivity index (χ0v) is 15.2. The van der Waals surface area contributed by atoms with Gasteiger partial charge in [0, 0.05) is 36.8 Å². The molecular formula is C19H20Cl2N2O2. The predicted octanol–water partition coefficient (Wildman–Crippen LogP) is 4.35. The molecule has 1 N–H and O–H groups in total. The number of carboxylic acid groups (broad SMARTS) is 1. The number of anilines is 1. The average Bonchev–Trinajstić information content (AvgIpc) is 2.61. The lowest BCUT2D eigenvalue weighted by atomic mass is 10.1. The van der Waals surface area contributed by atoms with Crippen LogP contribution in [0.25, 0.3) is 0 Å². The topological polar surface area (TPSA) is 52.9 Å². The molecule has 0 atom stereocenters. The highest BCUT2D eigenvalue weighted by atomic mass is 35.5. The van der Waals surface area contributed by atoms with Crippen molar-refractivity contribution in [2.75, 3.05) is 29.7 Å². The summed E-state index contributed by atoms with van der Waals surface area (Å²) in [5.74, 6) is 0.268. The van der Waals surface area contributed by atoms with Crippen molar-refractivity contribution in [3.8, 4) is 0 Å². The fraction of sp³-hybridized carbons (Fsp3) is 0.263. The van der Waals surface area contributed by atoms with Crippen molar-refractivity contribution in [1.29, 1.82) is 0 Å². The van der Waals surface area contributed by atoms with E-state index in [9.17, 15) is 4.79 Å². The van der Waals surface area contributed by atoms with Crippen molar-refractivity contribution in [2.45, 2.75) is 6.42 Å². The largest absolute Gasteiger partial charge is 0.481 e. The van der Waals surface area contributed by atoms with Gasteiger partial charge in [-0.05, 0) is 35.4 Å². The van der Waals surface area contributed by atoms with E-state index in [2.05, 4.69) is 9.89 Å². The first-order chi connectivity index (χ1) is 12.1. The molecule has 0 radical (unpaired) electrons. The highest BCUT2D eigenvalue weighted by Gasteiger charge is 2.04. The van der Waals surface area contributed by atoms with Gasteiger partial charge in [0.2, 0.25) is 0 Å². The van der Waals surface area contributed by atoms with Crippen molar-refractivity contribution in [2.24, 2.45) is 4.99 Å². The van der Waals surface area contributed by atoms with Crippen molar-refractivity contribution in [3.05, 3.63) is 59.7 Å². The standard InChI is InChI=1S/C19H20Cl2N2O2/c20-9-11-23(12-10-21)18-7-3-16(4-8-18)14-22-17-5-1-15(2-6-17)13-19(24)25/h1-8,14H,9-13H2,(H,24,25). The molecule has 6 heteroatoms. The second kappa shape index (κ2) is 10.1. The Hall–Kier alpha value is -2.04. The number of carboxylic acids is 1. The minimum atomic E-state index is -0.839. The van der Waals surface area contributed by atoms with E-state index in [0.717, 1.165) is 35.6 Å². The van der Waals surface area contributed by atoms with Gasteiger partial charge in [-0.1, -0.05) is 24.3 Å². The number of halogens is 2. The molecule has 0 spiro atoms. The van der Waals surface area contributed by atoms with Crippen LogP contribution in [0.2, 0.25) is 0 Å². The molecule has 25 heavy (non-hydrogen) atoms. The monoisotopic (exact) mass is 378 g/mol. The van der Waals surface area contributed by atoms with Crippen LogP contribution in [0.4, 0.5) is 11.4 Å². The molecule has 0 fully saturated rings. The minimum Gasteiger partial charge on any atom is -0.481 e. The normalized spacial score (nSPS) is 11.0. The Morgan fingerprint density at radius 2 is 1.60 bits per heavy atom. The number of carbonyl (C=O) groups is 1. The number of benzene rings is 2. The smallest absolute Gasteiger partial charge is 0.307 e. The molecule has 0 amide bonds. The molecule has 0 aliphatic heterocycles. The first-order valence-corrected chi connectivity index (χ1v) is 9.01. The van der Waals surface area contributed by atoms with Gasteiger partial charge in [-0.15, -0.1) is 23.2 Å². The van der Waals surface area contributed by atoms with Gasteiger partial charge in [-0.3, -0.25) is 9.79 Å². The quantitative estimate of drug-likeness (QED) is 0.521. The third kappa shape index (κ3) is 6.40. The maximum absolute atomic E-state index is 10.7. The summed E-state index contributed by atoms with van der Waals surface area (Å²) in [5, 5.41) is 8.77. The predicted molar refractivity (Wildman–Crippen MR) is 105 cm³/mol. The zero-order valence-electron chi connectivity index (χ0n) is 13.7. The van der Waals surface area contributed by atoms with Gasteiger partial charge in [0.05, 0.1) is 12.1 Å². The van der Waals surface area contributed by atoms with Gasteiger partial charge in [-0.2, -0.15) is 0 Å². The lowest BCUT2D eigenvalue weighted by Crippen LogP contribution is -2.27. The van der Waals surface area contributed by atoms with E-state index in [1.54, 1.807) is 18.3 Å². The van der Waals surface area contributed by atoms with Crippen molar-refractivity contribution in [3.63, 3.8) is 0 Å². The maximum atomic E-state index is 10.7. The molecule has 0 bridgehead atoms. The van der Waals surface area contributed by atoms with Gasteiger partial charge >= 0.3 is 5.97 Å². The molecule has 0 unspecified atom stereocenters. The van der Waals surface area contributed by atoms with Crippen molar-refractivity contribution >= 4 is 46.8 Å². The van der Waals surface area contributed by atoms with E-state index in [-0.39, 0.29) is 6.42 Å². The van der Waals surface area contributed by atoms with Crippen LogP contribution < -0.4 is 4.90 Å². The molecule has 4 nitrogen and oxygen atoms in total. The number of alkyl halides is 2. The first kappa shape index (κ1) is 19.3. The van der Waals surface area contributed by atoms with E-state index in [0.29, 0.717) is 11.8 Å². The summed E-state index contributed by atoms with van der Waals surface area (Å²) in [7, 11) is 0. The Labute approximate surface area is 157 Å². The van der Waals surface area contributed by atoms with E-state index in [1.807, 2.05) is 36.4 Å². The molecule has 0 heterocycles. The summed E-state index contributed by atoms with van der Waals surface area (Å²) in [5.41, 5.74) is 3.60. The molecule has 2 aromatic rings. The van der Waals surface area contributed by atoms with Gasteiger partial charge in [-0.25, -0.2) is 0 Å². The number of hydrogen-bond donors (Lipinski definition) is 1. The summed E-state index contributed by atoms with van der Waals surface area (Å²) >= 11 is 11.7. The Bertz CT molecular complexity index is 694. The molecule has 132 valence electrons. The van der Waals surface area contributed by atoms with Crippen molar-refractivity contribution in [1.82, 2.24) is 0 Å². The first-order valence-electron chi connectivity index (χ1n) is 7.94. The Morgan fingerprint density at radius 3 is 2.12 bits per heavy atom. The lowest BCUT2D eigenvalue weighted by Gasteiger charge is -2.22. The molecule has 2 rings (SSSR count). The fourth-order valence-corrected chi connectivity index (χ4v) is 2.78. The average molecular weight is 379 g/mol. The van der Waals surface area contributed by atoms with Crippen LogP contribution in [-0.4, -0.2) is 42.1 Å². The second-order valence-electron chi connectivity index (χ2n) is 5.45. The van der Waals surface area contributed by atoms with Crippen LogP contribution in [0.15, 0.2) is 53.5 Å². The molecule has 0 aromatic heterocycles. The zero-order chi connectivity index (χ0) is 18.1. The van der Waals surface area contributed by atoms with Gasteiger partial charge in [0.15, 0.2) is 0 Å². The summed E-state index contributed by atoms with van der Waals surface area (Å²) in [6, 6.07) is 15.2. The third-order valence-electron chi connectivity index (χ3n) is 3.62. The summed E-state index contributed by atoms with van der Waals surface area (Å²) in [6.07, 6.45) is 1.80. The highest BCUT2D eigenvalue weighted by molar-refractivity contribution is 6.18.